The van der Waals surface area contributed by atoms with Crippen molar-refractivity contribution >= 4 is 12.1 Å². The van der Waals surface area contributed by atoms with Crippen molar-refractivity contribution in [3.63, 3.8) is 0 Å². The van der Waals surface area contributed by atoms with Crippen molar-refractivity contribution in [1.29, 1.82) is 0 Å². The van der Waals surface area contributed by atoms with Crippen LogP contribution in [0.15, 0.2) is 0 Å². The molecule has 0 aromatic rings. The third kappa shape index (κ3) is 4.18. The van der Waals surface area contributed by atoms with Crippen molar-refractivity contribution in [2.75, 3.05) is 13.1 Å². The lowest BCUT2D eigenvalue weighted by Gasteiger charge is -2.30. The van der Waals surface area contributed by atoms with Crippen LogP contribution in [-0.4, -0.2) is 41.4 Å². The summed E-state index contributed by atoms with van der Waals surface area (Å²) in [4.78, 5) is 23.2. The third-order valence-corrected chi connectivity index (χ3v) is 2.84. The summed E-state index contributed by atoms with van der Waals surface area (Å²) in [6.45, 7) is 6.57. The molecule has 0 aliphatic carbocycles. The molecule has 1 amide bonds. The van der Waals surface area contributed by atoms with E-state index in [4.69, 9.17) is 4.74 Å². The van der Waals surface area contributed by atoms with E-state index in [0.717, 1.165) is 6.54 Å². The summed E-state index contributed by atoms with van der Waals surface area (Å²) in [6, 6.07) is 0. The molecular weight excluding hydrogens is 236 g/mol. The molecule has 0 saturated carbocycles. The molecule has 1 rings (SSSR count). The molecule has 0 aromatic heterocycles. The molecule has 0 unspecified atom stereocenters. The second-order valence-electron chi connectivity index (χ2n) is 5.62. The van der Waals surface area contributed by atoms with Crippen molar-refractivity contribution in [2.45, 2.75) is 51.2 Å². The molecule has 1 aliphatic heterocycles. The minimum Gasteiger partial charge on any atom is -0.480 e. The lowest BCUT2D eigenvalue weighted by Crippen LogP contribution is -2.55. The molecule has 1 atom stereocenters. The largest absolute Gasteiger partial charge is 0.480 e. The number of ether oxygens (including phenoxy) is 1. The minimum atomic E-state index is -1.22. The summed E-state index contributed by atoms with van der Waals surface area (Å²) >= 11 is 0. The van der Waals surface area contributed by atoms with E-state index in [0.29, 0.717) is 25.8 Å². The summed E-state index contributed by atoms with van der Waals surface area (Å²) in [6.07, 6.45) is 0.810. The van der Waals surface area contributed by atoms with Gasteiger partial charge in [-0.05, 0) is 53.1 Å². The van der Waals surface area contributed by atoms with Crippen LogP contribution in [-0.2, 0) is 9.53 Å². The zero-order chi connectivity index (χ0) is 13.8. The number of amides is 1. The number of rotatable bonds is 2. The minimum absolute atomic E-state index is 0.363. The van der Waals surface area contributed by atoms with Gasteiger partial charge in [-0.25, -0.2) is 9.59 Å². The Morgan fingerprint density at radius 1 is 1.28 bits per heavy atom. The fraction of sp³-hybridized carbons (Fsp3) is 0.833. The van der Waals surface area contributed by atoms with Crippen LogP contribution in [0.1, 0.15) is 40.0 Å². The lowest BCUT2D eigenvalue weighted by atomic mass is 9.91. The molecule has 6 heteroatoms. The molecule has 1 heterocycles. The number of nitrogens with one attached hydrogen (secondary N) is 2. The smallest absolute Gasteiger partial charge is 0.408 e. The topological polar surface area (TPSA) is 87.7 Å². The number of carbonyl (C=O) groups is 2. The standard InChI is InChI=1S/C12H22N2O4/c1-11(2,3)18-10(17)14-12(9(15)16)5-4-7-13-8-6-12/h13H,4-8H2,1-3H3,(H,14,17)(H,15,16)/t12-/m1/s1. The molecule has 0 aromatic carbocycles. The highest BCUT2D eigenvalue weighted by atomic mass is 16.6. The Hall–Kier alpha value is -1.30. The average Bonchev–Trinajstić information content (AvgIpc) is 2.41. The monoisotopic (exact) mass is 258 g/mol. The fourth-order valence-electron chi connectivity index (χ4n) is 1.96. The summed E-state index contributed by atoms with van der Waals surface area (Å²) in [5, 5.41) is 15.0. The van der Waals surface area contributed by atoms with E-state index in [1.807, 2.05) is 0 Å². The van der Waals surface area contributed by atoms with Gasteiger partial charge in [-0.1, -0.05) is 0 Å². The molecule has 1 saturated heterocycles. The molecule has 0 bridgehead atoms. The molecule has 3 N–H and O–H groups in total. The fourth-order valence-corrected chi connectivity index (χ4v) is 1.96. The maximum absolute atomic E-state index is 11.7. The maximum Gasteiger partial charge on any atom is 0.408 e. The first-order chi connectivity index (χ1) is 8.25. The van der Waals surface area contributed by atoms with Gasteiger partial charge in [-0.3, -0.25) is 0 Å². The van der Waals surface area contributed by atoms with Crippen LogP contribution in [0.2, 0.25) is 0 Å². The Kier molecular flexibility index (Phi) is 4.56. The third-order valence-electron chi connectivity index (χ3n) is 2.84. The molecule has 6 nitrogen and oxygen atoms in total. The molecule has 104 valence electrons. The van der Waals surface area contributed by atoms with E-state index < -0.39 is 23.2 Å². The highest BCUT2D eigenvalue weighted by Gasteiger charge is 2.41. The van der Waals surface area contributed by atoms with Crippen LogP contribution in [0.3, 0.4) is 0 Å². The molecule has 0 spiro atoms. The van der Waals surface area contributed by atoms with Crippen LogP contribution in [0.5, 0.6) is 0 Å². The number of carboxylic acid groups (broad SMARTS) is 1. The zero-order valence-electron chi connectivity index (χ0n) is 11.2. The summed E-state index contributed by atoms with van der Waals surface area (Å²) < 4.78 is 5.12. The van der Waals surface area contributed by atoms with Crippen LogP contribution in [0, 0.1) is 0 Å². The first-order valence-electron chi connectivity index (χ1n) is 6.20. The zero-order valence-corrected chi connectivity index (χ0v) is 11.2. The maximum atomic E-state index is 11.7. The van der Waals surface area contributed by atoms with Gasteiger partial charge in [0.05, 0.1) is 0 Å². The van der Waals surface area contributed by atoms with Crippen LogP contribution >= 0.6 is 0 Å². The van der Waals surface area contributed by atoms with Gasteiger partial charge in [0.1, 0.15) is 11.1 Å². The molecule has 0 radical (unpaired) electrons. The van der Waals surface area contributed by atoms with Gasteiger partial charge in [0.2, 0.25) is 0 Å². The van der Waals surface area contributed by atoms with Crippen molar-refractivity contribution < 1.29 is 19.4 Å². The molecular formula is C12H22N2O4. The van der Waals surface area contributed by atoms with Gasteiger partial charge >= 0.3 is 12.1 Å². The van der Waals surface area contributed by atoms with Crippen molar-refractivity contribution in [3.8, 4) is 0 Å². The normalized spacial score (nSPS) is 25.1. The SMILES string of the molecule is CC(C)(C)OC(=O)N[C@]1(C(=O)O)CCCNCC1. The van der Waals surface area contributed by atoms with Gasteiger partial charge in [-0.15, -0.1) is 0 Å². The quantitative estimate of drug-likeness (QED) is 0.690. The number of hydrogen-bond donors (Lipinski definition) is 3. The van der Waals surface area contributed by atoms with Crippen LogP contribution < -0.4 is 10.6 Å². The van der Waals surface area contributed by atoms with Crippen molar-refractivity contribution in [2.24, 2.45) is 0 Å². The predicted octanol–water partition coefficient (Wildman–Crippen LogP) is 1.11. The van der Waals surface area contributed by atoms with Crippen molar-refractivity contribution in [3.05, 3.63) is 0 Å². The Morgan fingerprint density at radius 2 is 1.94 bits per heavy atom. The van der Waals surface area contributed by atoms with E-state index in [9.17, 15) is 14.7 Å². The van der Waals surface area contributed by atoms with E-state index in [2.05, 4.69) is 10.6 Å². The molecule has 18 heavy (non-hydrogen) atoms. The van der Waals surface area contributed by atoms with E-state index >= 15 is 0 Å². The number of hydrogen-bond acceptors (Lipinski definition) is 4. The number of carbonyl (C=O) groups excluding carboxylic acids is 1. The highest BCUT2D eigenvalue weighted by molar-refractivity contribution is 5.84. The van der Waals surface area contributed by atoms with Crippen LogP contribution in [0.4, 0.5) is 4.79 Å². The number of carboxylic acids is 1. The van der Waals surface area contributed by atoms with Gasteiger partial charge in [-0.2, -0.15) is 0 Å². The number of alkyl carbamates (subject to hydrolysis) is 1. The Bertz CT molecular complexity index is 315. The summed E-state index contributed by atoms with van der Waals surface area (Å²) in [7, 11) is 0. The van der Waals surface area contributed by atoms with E-state index in [1.165, 1.54) is 0 Å². The second kappa shape index (κ2) is 5.56. The van der Waals surface area contributed by atoms with Gasteiger partial charge < -0.3 is 20.5 Å². The van der Waals surface area contributed by atoms with Gasteiger partial charge in [0.15, 0.2) is 0 Å². The second-order valence-corrected chi connectivity index (χ2v) is 5.62. The molecule has 1 aliphatic rings. The van der Waals surface area contributed by atoms with Crippen LogP contribution in [0.25, 0.3) is 0 Å². The Balaban J connectivity index is 2.73. The highest BCUT2D eigenvalue weighted by Crippen LogP contribution is 2.21. The van der Waals surface area contributed by atoms with Crippen molar-refractivity contribution in [1.82, 2.24) is 10.6 Å². The predicted molar refractivity (Wildman–Crippen MR) is 66.5 cm³/mol. The van der Waals surface area contributed by atoms with E-state index in [1.54, 1.807) is 20.8 Å². The Labute approximate surface area is 107 Å². The summed E-state index contributed by atoms with van der Waals surface area (Å²) in [5.41, 5.74) is -1.85. The van der Waals surface area contributed by atoms with E-state index in [-0.39, 0.29) is 0 Å². The van der Waals surface area contributed by atoms with Gasteiger partial charge in [0, 0.05) is 0 Å². The first-order valence-corrected chi connectivity index (χ1v) is 6.20. The average molecular weight is 258 g/mol. The first kappa shape index (κ1) is 14.8. The summed E-state index contributed by atoms with van der Waals surface area (Å²) in [5.74, 6) is -1.00. The lowest BCUT2D eigenvalue weighted by molar-refractivity contribution is -0.145. The van der Waals surface area contributed by atoms with Gasteiger partial charge in [0.25, 0.3) is 0 Å². The number of aliphatic carboxylic acids is 1. The Morgan fingerprint density at radius 3 is 2.50 bits per heavy atom. The molecule has 1 fully saturated rings.